The first-order valence-electron chi connectivity index (χ1n) is 8.34. The van der Waals surface area contributed by atoms with Gasteiger partial charge in [-0.25, -0.2) is 4.79 Å². The number of amides is 2. The van der Waals surface area contributed by atoms with Gasteiger partial charge in [0.2, 0.25) is 0 Å². The summed E-state index contributed by atoms with van der Waals surface area (Å²) in [7, 11) is 1.63. The molecule has 23 heavy (non-hydrogen) atoms. The summed E-state index contributed by atoms with van der Waals surface area (Å²) in [4.78, 5) is 16.6. The number of nitrogens with one attached hydrogen (secondary N) is 1. The number of nitrogens with zero attached hydrogens (tertiary/aromatic N) is 2. The normalized spacial score (nSPS) is 18.7. The molecule has 126 valence electrons. The molecule has 6 nitrogen and oxygen atoms in total. The smallest absolute Gasteiger partial charge is 0.322 e. The number of rotatable bonds is 3. The molecule has 0 unspecified atom stereocenters. The third kappa shape index (κ3) is 3.88. The molecular formula is C17H25N3O3. The maximum atomic E-state index is 12.4. The number of benzene rings is 1. The number of carbonyl (C=O) groups excluding carboxylic acids is 1. The van der Waals surface area contributed by atoms with Crippen molar-refractivity contribution in [2.75, 3.05) is 56.7 Å². The van der Waals surface area contributed by atoms with Gasteiger partial charge in [0.15, 0.2) is 0 Å². The lowest BCUT2D eigenvalue weighted by Gasteiger charge is -2.30. The summed E-state index contributed by atoms with van der Waals surface area (Å²) in [5, 5.41) is 2.99. The van der Waals surface area contributed by atoms with E-state index in [1.54, 1.807) is 12.0 Å². The third-order valence-electron chi connectivity index (χ3n) is 4.44. The summed E-state index contributed by atoms with van der Waals surface area (Å²) >= 11 is 0. The van der Waals surface area contributed by atoms with Crippen LogP contribution in [0.1, 0.15) is 19.3 Å². The number of piperidine rings is 1. The third-order valence-corrected chi connectivity index (χ3v) is 4.44. The summed E-state index contributed by atoms with van der Waals surface area (Å²) in [5.74, 6) is 0.687. The number of ether oxygens (including phenoxy) is 2. The van der Waals surface area contributed by atoms with Crippen LogP contribution < -0.4 is 15.0 Å². The van der Waals surface area contributed by atoms with Crippen molar-refractivity contribution in [2.24, 2.45) is 0 Å². The summed E-state index contributed by atoms with van der Waals surface area (Å²) in [5.41, 5.74) is 1.87. The first-order valence-corrected chi connectivity index (χ1v) is 8.34. The van der Waals surface area contributed by atoms with E-state index in [4.69, 9.17) is 9.47 Å². The number of methoxy groups -OCH3 is 1. The van der Waals surface area contributed by atoms with Gasteiger partial charge in [0, 0.05) is 31.9 Å². The molecule has 0 radical (unpaired) electrons. The van der Waals surface area contributed by atoms with E-state index < -0.39 is 0 Å². The van der Waals surface area contributed by atoms with Crippen LogP contribution in [-0.2, 0) is 4.74 Å². The molecule has 0 spiro atoms. The molecule has 2 heterocycles. The van der Waals surface area contributed by atoms with Crippen LogP contribution in [0.15, 0.2) is 18.2 Å². The lowest BCUT2D eigenvalue weighted by molar-refractivity contribution is 0.0564. The Morgan fingerprint density at radius 1 is 1.13 bits per heavy atom. The Bertz CT molecular complexity index is 538. The Morgan fingerprint density at radius 3 is 2.57 bits per heavy atom. The Balaban J connectivity index is 1.74. The molecule has 2 aliphatic heterocycles. The maximum absolute atomic E-state index is 12.4. The van der Waals surface area contributed by atoms with E-state index >= 15 is 0 Å². The van der Waals surface area contributed by atoms with Gasteiger partial charge in [-0.2, -0.15) is 0 Å². The molecular weight excluding hydrogens is 294 g/mol. The molecule has 0 aromatic heterocycles. The van der Waals surface area contributed by atoms with Crippen molar-refractivity contribution >= 4 is 17.4 Å². The number of urea groups is 1. The highest BCUT2D eigenvalue weighted by Crippen LogP contribution is 2.31. The van der Waals surface area contributed by atoms with E-state index in [-0.39, 0.29) is 6.03 Å². The maximum Gasteiger partial charge on any atom is 0.322 e. The molecule has 2 fully saturated rings. The zero-order valence-electron chi connectivity index (χ0n) is 13.7. The van der Waals surface area contributed by atoms with Crippen molar-refractivity contribution in [1.82, 2.24) is 4.90 Å². The molecule has 2 saturated heterocycles. The standard InChI is InChI=1S/C17H25N3O3/c1-22-16-6-5-14(19-7-3-2-4-8-19)13-15(16)18-17(21)20-9-11-23-12-10-20/h5-6,13H,2-4,7-12H2,1H3,(H,18,21). The van der Waals surface area contributed by atoms with Gasteiger partial charge < -0.3 is 24.6 Å². The quantitative estimate of drug-likeness (QED) is 0.930. The predicted molar refractivity (Wildman–Crippen MR) is 90.5 cm³/mol. The first-order chi connectivity index (χ1) is 11.3. The summed E-state index contributed by atoms with van der Waals surface area (Å²) in [6.07, 6.45) is 3.75. The lowest BCUT2D eigenvalue weighted by atomic mass is 10.1. The number of morpholine rings is 1. The van der Waals surface area contributed by atoms with Crippen molar-refractivity contribution in [1.29, 1.82) is 0 Å². The summed E-state index contributed by atoms with van der Waals surface area (Å²) in [6, 6.07) is 5.91. The Kier molecular flexibility index (Phi) is 5.23. The van der Waals surface area contributed by atoms with Gasteiger partial charge in [0.25, 0.3) is 0 Å². The van der Waals surface area contributed by atoms with E-state index in [0.717, 1.165) is 24.5 Å². The Hall–Kier alpha value is -1.95. The minimum atomic E-state index is -0.0950. The molecule has 0 bridgehead atoms. The van der Waals surface area contributed by atoms with Gasteiger partial charge >= 0.3 is 6.03 Å². The van der Waals surface area contributed by atoms with Crippen LogP contribution in [0.25, 0.3) is 0 Å². The second kappa shape index (κ2) is 7.55. The summed E-state index contributed by atoms with van der Waals surface area (Å²) < 4.78 is 10.7. The first kappa shape index (κ1) is 15.9. The van der Waals surface area contributed by atoms with Gasteiger partial charge in [-0.05, 0) is 37.5 Å². The topological polar surface area (TPSA) is 54.0 Å². The van der Waals surface area contributed by atoms with Crippen molar-refractivity contribution in [3.8, 4) is 5.75 Å². The highest BCUT2D eigenvalue weighted by molar-refractivity contribution is 5.91. The zero-order valence-corrected chi connectivity index (χ0v) is 13.7. The van der Waals surface area contributed by atoms with Gasteiger partial charge in [0.05, 0.1) is 26.0 Å². The molecule has 1 N–H and O–H groups in total. The fourth-order valence-electron chi connectivity index (χ4n) is 3.10. The monoisotopic (exact) mass is 319 g/mol. The molecule has 3 rings (SSSR count). The van der Waals surface area contributed by atoms with Crippen molar-refractivity contribution in [3.05, 3.63) is 18.2 Å². The van der Waals surface area contributed by atoms with Gasteiger partial charge in [-0.15, -0.1) is 0 Å². The number of carbonyl (C=O) groups is 1. The van der Waals surface area contributed by atoms with Crippen molar-refractivity contribution in [2.45, 2.75) is 19.3 Å². The van der Waals surface area contributed by atoms with Crippen LogP contribution in [0.5, 0.6) is 5.75 Å². The highest BCUT2D eigenvalue weighted by Gasteiger charge is 2.19. The van der Waals surface area contributed by atoms with Gasteiger partial charge in [-0.3, -0.25) is 0 Å². The van der Waals surface area contributed by atoms with Crippen LogP contribution in [0, 0.1) is 0 Å². The average molecular weight is 319 g/mol. The lowest BCUT2D eigenvalue weighted by Crippen LogP contribution is -2.43. The fourth-order valence-corrected chi connectivity index (χ4v) is 3.10. The van der Waals surface area contributed by atoms with Crippen molar-refractivity contribution < 1.29 is 14.3 Å². The van der Waals surface area contributed by atoms with Crippen molar-refractivity contribution in [3.63, 3.8) is 0 Å². The minimum absolute atomic E-state index is 0.0950. The second-order valence-electron chi connectivity index (χ2n) is 5.96. The van der Waals surface area contributed by atoms with Crippen LogP contribution in [0.2, 0.25) is 0 Å². The van der Waals surface area contributed by atoms with Crippen LogP contribution >= 0.6 is 0 Å². The Morgan fingerprint density at radius 2 is 1.87 bits per heavy atom. The molecule has 1 aromatic rings. The van der Waals surface area contributed by atoms with E-state index in [2.05, 4.69) is 16.3 Å². The SMILES string of the molecule is COc1ccc(N2CCCCC2)cc1NC(=O)N1CCOCC1. The molecule has 0 atom stereocenters. The molecule has 6 heteroatoms. The Labute approximate surface area is 137 Å². The van der Waals surface area contributed by atoms with Gasteiger partial charge in [-0.1, -0.05) is 0 Å². The van der Waals surface area contributed by atoms with E-state index in [1.165, 1.54) is 19.3 Å². The van der Waals surface area contributed by atoms with Crippen LogP contribution in [-0.4, -0.2) is 57.4 Å². The number of hydrogen-bond acceptors (Lipinski definition) is 4. The summed E-state index contributed by atoms with van der Waals surface area (Å²) in [6.45, 7) is 4.59. The minimum Gasteiger partial charge on any atom is -0.495 e. The molecule has 1 aromatic carbocycles. The van der Waals surface area contributed by atoms with Crippen LogP contribution in [0.3, 0.4) is 0 Å². The molecule has 0 saturated carbocycles. The van der Waals surface area contributed by atoms with E-state index in [9.17, 15) is 4.79 Å². The van der Waals surface area contributed by atoms with E-state index in [0.29, 0.717) is 32.1 Å². The fraction of sp³-hybridized carbons (Fsp3) is 0.588. The zero-order chi connectivity index (χ0) is 16.1. The molecule has 2 aliphatic rings. The largest absolute Gasteiger partial charge is 0.495 e. The number of hydrogen-bond donors (Lipinski definition) is 1. The molecule has 2 amide bonds. The predicted octanol–water partition coefficient (Wildman–Crippen LogP) is 2.55. The highest BCUT2D eigenvalue weighted by atomic mass is 16.5. The van der Waals surface area contributed by atoms with Crippen LogP contribution in [0.4, 0.5) is 16.2 Å². The second-order valence-corrected chi connectivity index (χ2v) is 5.96. The van der Waals surface area contributed by atoms with E-state index in [1.807, 2.05) is 12.1 Å². The number of anilines is 2. The van der Waals surface area contributed by atoms with Gasteiger partial charge in [0.1, 0.15) is 5.75 Å². The average Bonchev–Trinajstić information content (AvgIpc) is 2.63. The molecule has 0 aliphatic carbocycles.